The maximum Gasteiger partial charge on any atom is 0.154 e. The molecule has 1 aromatic carbocycles. The standard InChI is InChI=1S/C14H15ClN2O/c15-7-6-14(12-16,13-4-2-1-3-5-13)17-8-10-18-11-9-17/h1-7H,8-11H2/b7-6+. The summed E-state index contributed by atoms with van der Waals surface area (Å²) in [5.74, 6) is 0. The van der Waals surface area contributed by atoms with E-state index in [-0.39, 0.29) is 0 Å². The van der Waals surface area contributed by atoms with Gasteiger partial charge in [-0.05, 0) is 11.6 Å². The van der Waals surface area contributed by atoms with Gasteiger partial charge in [-0.15, -0.1) is 0 Å². The predicted molar refractivity (Wildman–Crippen MR) is 71.1 cm³/mol. The number of ether oxygens (including phenoxy) is 1. The number of nitriles is 1. The molecule has 1 heterocycles. The highest BCUT2D eigenvalue weighted by atomic mass is 35.5. The third-order valence-electron chi connectivity index (χ3n) is 3.20. The number of rotatable bonds is 3. The lowest BCUT2D eigenvalue weighted by atomic mass is 9.89. The summed E-state index contributed by atoms with van der Waals surface area (Å²) in [5.41, 5.74) is 1.56. The van der Waals surface area contributed by atoms with Crippen LogP contribution in [-0.2, 0) is 10.3 Å². The average molecular weight is 263 g/mol. The SMILES string of the molecule is N#CC(/C=C/Cl)(c1ccccc1)N1CCOCC1. The molecule has 1 fully saturated rings. The van der Waals surface area contributed by atoms with E-state index in [9.17, 15) is 5.26 Å². The van der Waals surface area contributed by atoms with Crippen LogP contribution < -0.4 is 0 Å². The first-order valence-corrected chi connectivity index (χ1v) is 6.34. The van der Waals surface area contributed by atoms with Crippen LogP contribution in [0.2, 0.25) is 0 Å². The molecule has 1 aromatic rings. The summed E-state index contributed by atoms with van der Waals surface area (Å²) in [7, 11) is 0. The van der Waals surface area contributed by atoms with Gasteiger partial charge in [-0.3, -0.25) is 4.90 Å². The zero-order valence-electron chi connectivity index (χ0n) is 10.1. The summed E-state index contributed by atoms with van der Waals surface area (Å²) in [6.45, 7) is 2.74. The van der Waals surface area contributed by atoms with Crippen molar-refractivity contribution in [2.24, 2.45) is 0 Å². The van der Waals surface area contributed by atoms with Gasteiger partial charge in [-0.1, -0.05) is 41.9 Å². The second kappa shape index (κ2) is 6.01. The van der Waals surface area contributed by atoms with Gasteiger partial charge in [0.05, 0.1) is 19.3 Å². The summed E-state index contributed by atoms with van der Waals surface area (Å²) in [5, 5.41) is 9.67. The minimum atomic E-state index is -0.799. The molecular formula is C14H15ClN2O. The molecule has 0 spiro atoms. The first kappa shape index (κ1) is 13.1. The average Bonchev–Trinajstić information content (AvgIpc) is 2.47. The summed E-state index contributed by atoms with van der Waals surface area (Å²) in [4.78, 5) is 2.10. The summed E-state index contributed by atoms with van der Waals surface area (Å²) in [6, 6.07) is 12.1. The maximum atomic E-state index is 9.67. The minimum Gasteiger partial charge on any atom is -0.379 e. The second-order valence-corrected chi connectivity index (χ2v) is 4.39. The van der Waals surface area contributed by atoms with Crippen molar-refractivity contribution in [3.05, 3.63) is 47.5 Å². The molecule has 3 nitrogen and oxygen atoms in total. The molecule has 1 saturated heterocycles. The third kappa shape index (κ3) is 2.41. The number of nitrogens with zero attached hydrogens (tertiary/aromatic N) is 2. The van der Waals surface area contributed by atoms with Gasteiger partial charge in [0.25, 0.3) is 0 Å². The van der Waals surface area contributed by atoms with Gasteiger partial charge in [0.2, 0.25) is 0 Å². The molecule has 0 N–H and O–H groups in total. The van der Waals surface area contributed by atoms with E-state index in [1.807, 2.05) is 30.3 Å². The van der Waals surface area contributed by atoms with Gasteiger partial charge in [0.15, 0.2) is 5.54 Å². The fraction of sp³-hybridized carbons (Fsp3) is 0.357. The topological polar surface area (TPSA) is 36.3 Å². The molecule has 2 rings (SSSR count). The van der Waals surface area contributed by atoms with Crippen LogP contribution in [0.3, 0.4) is 0 Å². The van der Waals surface area contributed by atoms with Gasteiger partial charge in [-0.25, -0.2) is 0 Å². The molecule has 1 unspecified atom stereocenters. The fourth-order valence-corrected chi connectivity index (χ4v) is 2.44. The van der Waals surface area contributed by atoms with Crippen LogP contribution in [-0.4, -0.2) is 31.2 Å². The van der Waals surface area contributed by atoms with Crippen LogP contribution in [0.1, 0.15) is 5.56 Å². The highest BCUT2D eigenvalue weighted by Crippen LogP contribution is 2.30. The number of halogens is 1. The lowest BCUT2D eigenvalue weighted by Crippen LogP contribution is -2.49. The van der Waals surface area contributed by atoms with E-state index < -0.39 is 5.54 Å². The molecule has 0 bridgehead atoms. The van der Waals surface area contributed by atoms with Crippen molar-refractivity contribution < 1.29 is 4.74 Å². The molecule has 4 heteroatoms. The van der Waals surface area contributed by atoms with E-state index in [2.05, 4.69) is 11.0 Å². The Kier molecular flexibility index (Phi) is 4.38. The van der Waals surface area contributed by atoms with Crippen LogP contribution in [0.5, 0.6) is 0 Å². The van der Waals surface area contributed by atoms with Gasteiger partial charge in [0, 0.05) is 18.6 Å². The van der Waals surface area contributed by atoms with Gasteiger partial charge >= 0.3 is 0 Å². The molecule has 0 saturated carbocycles. The van der Waals surface area contributed by atoms with E-state index in [0.717, 1.165) is 18.7 Å². The Bertz CT molecular complexity index is 449. The second-order valence-electron chi connectivity index (χ2n) is 4.14. The molecule has 1 atom stereocenters. The van der Waals surface area contributed by atoms with Crippen LogP contribution in [0.25, 0.3) is 0 Å². The number of benzene rings is 1. The van der Waals surface area contributed by atoms with E-state index in [4.69, 9.17) is 16.3 Å². The zero-order valence-corrected chi connectivity index (χ0v) is 10.8. The first-order chi connectivity index (χ1) is 8.83. The fourth-order valence-electron chi connectivity index (χ4n) is 2.26. The molecule has 0 radical (unpaired) electrons. The van der Waals surface area contributed by atoms with E-state index in [1.165, 1.54) is 5.54 Å². The van der Waals surface area contributed by atoms with Crippen molar-refractivity contribution in [3.8, 4) is 6.07 Å². The van der Waals surface area contributed by atoms with Crippen LogP contribution in [0.15, 0.2) is 41.9 Å². The van der Waals surface area contributed by atoms with E-state index >= 15 is 0 Å². The van der Waals surface area contributed by atoms with Crippen molar-refractivity contribution >= 4 is 11.6 Å². The lowest BCUT2D eigenvalue weighted by Gasteiger charge is -2.39. The Morgan fingerprint density at radius 2 is 1.94 bits per heavy atom. The smallest absolute Gasteiger partial charge is 0.154 e. The third-order valence-corrected chi connectivity index (χ3v) is 3.32. The predicted octanol–water partition coefficient (Wildman–Crippen LogP) is 2.49. The maximum absolute atomic E-state index is 9.67. The van der Waals surface area contributed by atoms with Gasteiger partial charge < -0.3 is 4.74 Å². The highest BCUT2D eigenvalue weighted by Gasteiger charge is 2.37. The Morgan fingerprint density at radius 1 is 1.28 bits per heavy atom. The first-order valence-electron chi connectivity index (χ1n) is 5.91. The number of hydrogen-bond donors (Lipinski definition) is 0. The normalized spacial score (nSPS) is 20.4. The zero-order chi connectivity index (χ0) is 12.8. The Balaban J connectivity index is 2.43. The summed E-state index contributed by atoms with van der Waals surface area (Å²) in [6.07, 6.45) is 1.75. The van der Waals surface area contributed by atoms with E-state index in [1.54, 1.807) is 6.08 Å². The molecule has 1 aliphatic rings. The summed E-state index contributed by atoms with van der Waals surface area (Å²) < 4.78 is 5.35. The highest BCUT2D eigenvalue weighted by molar-refractivity contribution is 6.25. The van der Waals surface area contributed by atoms with Crippen LogP contribution in [0, 0.1) is 11.3 Å². The Morgan fingerprint density at radius 3 is 2.50 bits per heavy atom. The van der Waals surface area contributed by atoms with Crippen molar-refractivity contribution in [2.75, 3.05) is 26.3 Å². The summed E-state index contributed by atoms with van der Waals surface area (Å²) >= 11 is 5.74. The number of morpholine rings is 1. The van der Waals surface area contributed by atoms with Crippen LogP contribution >= 0.6 is 11.6 Å². The Labute approximate surface area is 112 Å². The van der Waals surface area contributed by atoms with Crippen molar-refractivity contribution in [3.63, 3.8) is 0 Å². The Hall–Kier alpha value is -1.34. The quantitative estimate of drug-likeness (QED) is 0.840. The number of hydrogen-bond acceptors (Lipinski definition) is 3. The van der Waals surface area contributed by atoms with Crippen molar-refractivity contribution in [1.82, 2.24) is 4.90 Å². The molecule has 94 valence electrons. The van der Waals surface area contributed by atoms with Gasteiger partial charge in [-0.2, -0.15) is 5.26 Å². The lowest BCUT2D eigenvalue weighted by molar-refractivity contribution is 0.00859. The van der Waals surface area contributed by atoms with Crippen molar-refractivity contribution in [1.29, 1.82) is 5.26 Å². The largest absolute Gasteiger partial charge is 0.379 e. The molecule has 18 heavy (non-hydrogen) atoms. The monoisotopic (exact) mass is 262 g/mol. The van der Waals surface area contributed by atoms with Gasteiger partial charge in [0.1, 0.15) is 0 Å². The molecular weight excluding hydrogens is 248 g/mol. The molecule has 0 aromatic heterocycles. The van der Waals surface area contributed by atoms with Crippen molar-refractivity contribution in [2.45, 2.75) is 5.54 Å². The minimum absolute atomic E-state index is 0.645. The molecule has 0 amide bonds. The van der Waals surface area contributed by atoms with Crippen LogP contribution in [0.4, 0.5) is 0 Å². The van der Waals surface area contributed by atoms with E-state index in [0.29, 0.717) is 13.2 Å². The molecule has 0 aliphatic carbocycles. The molecule has 1 aliphatic heterocycles.